The van der Waals surface area contributed by atoms with Gasteiger partial charge in [0.05, 0.1) is 24.6 Å². The van der Waals surface area contributed by atoms with E-state index in [0.717, 1.165) is 11.1 Å². The molecule has 0 radical (unpaired) electrons. The van der Waals surface area contributed by atoms with Gasteiger partial charge in [0.25, 0.3) is 5.56 Å². The summed E-state index contributed by atoms with van der Waals surface area (Å²) in [5.41, 5.74) is 5.20. The third kappa shape index (κ3) is 5.81. The molecule has 0 amide bonds. The van der Waals surface area contributed by atoms with Gasteiger partial charge in [-0.15, -0.1) is 0 Å². The number of hydrogen-bond acceptors (Lipinski definition) is 8. The van der Waals surface area contributed by atoms with Crippen LogP contribution in [0.15, 0.2) is 88.8 Å². The Kier molecular flexibility index (Phi) is 7.48. The smallest absolute Gasteiger partial charge is 0.337 e. The van der Waals surface area contributed by atoms with Gasteiger partial charge in [-0.25, -0.2) is 15.2 Å². The van der Waals surface area contributed by atoms with E-state index < -0.39 is 5.56 Å². The second kappa shape index (κ2) is 11.3. The maximum atomic E-state index is 12.3. The second-order valence-corrected chi connectivity index (χ2v) is 7.53. The lowest BCUT2D eigenvalue weighted by molar-refractivity contribution is 0.0600. The molecule has 1 heterocycles. The van der Waals surface area contributed by atoms with Crippen LogP contribution in [0.1, 0.15) is 27.0 Å². The molecule has 9 heteroatoms. The van der Waals surface area contributed by atoms with Crippen LogP contribution in [0.5, 0.6) is 5.75 Å². The lowest BCUT2D eigenvalue weighted by atomic mass is 10.1. The maximum absolute atomic E-state index is 12.3. The summed E-state index contributed by atoms with van der Waals surface area (Å²) in [6.45, 7) is 0.345. The number of ether oxygens (including phenoxy) is 2. The van der Waals surface area contributed by atoms with Crippen molar-refractivity contribution in [3.05, 3.63) is 111 Å². The highest BCUT2D eigenvalue weighted by Gasteiger charge is 2.12. The first-order chi connectivity index (χ1) is 17.6. The molecule has 0 aliphatic heterocycles. The summed E-state index contributed by atoms with van der Waals surface area (Å²) >= 11 is 0. The highest BCUT2D eigenvalue weighted by Crippen LogP contribution is 2.19. The van der Waals surface area contributed by atoms with Crippen molar-refractivity contribution < 1.29 is 14.3 Å². The molecule has 0 saturated heterocycles. The molecular formula is C27H21N5O4. The first-order valence-corrected chi connectivity index (χ1v) is 10.9. The van der Waals surface area contributed by atoms with Crippen molar-refractivity contribution in [1.82, 2.24) is 9.97 Å². The zero-order valence-corrected chi connectivity index (χ0v) is 19.3. The number of carbonyl (C=O) groups is 1. The predicted molar refractivity (Wildman–Crippen MR) is 135 cm³/mol. The number of H-pyrrole nitrogens is 1. The SMILES string of the molecule is COC(=O)c1ccc(COc2ccc(C=NNc3nc(-c4ccccc4)c(C#N)c(=O)[nH]3)cc2)cc1. The Morgan fingerprint density at radius 2 is 1.81 bits per heavy atom. The van der Waals surface area contributed by atoms with Crippen molar-refractivity contribution in [3.63, 3.8) is 0 Å². The number of nitrogens with zero attached hydrogens (tertiary/aromatic N) is 3. The quantitative estimate of drug-likeness (QED) is 0.221. The van der Waals surface area contributed by atoms with Gasteiger partial charge in [0.1, 0.15) is 24.0 Å². The van der Waals surface area contributed by atoms with Gasteiger partial charge in [0.2, 0.25) is 5.95 Å². The number of nitrogens with one attached hydrogen (secondary N) is 2. The highest BCUT2D eigenvalue weighted by atomic mass is 16.5. The van der Waals surface area contributed by atoms with E-state index in [4.69, 9.17) is 9.47 Å². The van der Waals surface area contributed by atoms with Gasteiger partial charge >= 0.3 is 5.97 Å². The van der Waals surface area contributed by atoms with E-state index in [1.165, 1.54) is 7.11 Å². The Bertz CT molecular complexity index is 1470. The number of aromatic nitrogens is 2. The Morgan fingerprint density at radius 1 is 1.08 bits per heavy atom. The first kappa shape index (κ1) is 23.9. The average Bonchev–Trinajstić information content (AvgIpc) is 2.92. The summed E-state index contributed by atoms with van der Waals surface area (Å²) in [6, 6.07) is 25.2. The molecule has 9 nitrogen and oxygen atoms in total. The van der Waals surface area contributed by atoms with Gasteiger partial charge < -0.3 is 9.47 Å². The van der Waals surface area contributed by atoms with Crippen LogP contribution in [0.3, 0.4) is 0 Å². The average molecular weight is 479 g/mol. The number of hydrazone groups is 1. The highest BCUT2D eigenvalue weighted by molar-refractivity contribution is 5.89. The molecule has 0 saturated carbocycles. The third-order valence-electron chi connectivity index (χ3n) is 5.12. The van der Waals surface area contributed by atoms with E-state index in [1.807, 2.05) is 36.4 Å². The molecule has 0 aliphatic rings. The Hall–Kier alpha value is -5.23. The van der Waals surface area contributed by atoms with Crippen molar-refractivity contribution >= 4 is 18.1 Å². The molecular weight excluding hydrogens is 458 g/mol. The number of nitriles is 1. The first-order valence-electron chi connectivity index (χ1n) is 10.9. The van der Waals surface area contributed by atoms with Crippen LogP contribution in [-0.2, 0) is 11.3 Å². The number of aromatic amines is 1. The van der Waals surface area contributed by atoms with Crippen LogP contribution >= 0.6 is 0 Å². The van der Waals surface area contributed by atoms with E-state index >= 15 is 0 Å². The van der Waals surface area contributed by atoms with Crippen molar-refractivity contribution in [2.45, 2.75) is 6.61 Å². The van der Waals surface area contributed by atoms with Gasteiger partial charge in [-0.05, 0) is 47.5 Å². The number of esters is 1. The van der Waals surface area contributed by atoms with Crippen molar-refractivity contribution in [2.24, 2.45) is 5.10 Å². The number of carbonyl (C=O) groups excluding carboxylic acids is 1. The van der Waals surface area contributed by atoms with Crippen LogP contribution < -0.4 is 15.7 Å². The zero-order chi connectivity index (χ0) is 25.3. The van der Waals surface area contributed by atoms with Crippen molar-refractivity contribution in [2.75, 3.05) is 12.5 Å². The molecule has 4 aromatic rings. The summed E-state index contributed by atoms with van der Waals surface area (Å²) in [7, 11) is 1.34. The fourth-order valence-corrected chi connectivity index (χ4v) is 3.27. The number of benzene rings is 3. The van der Waals surface area contributed by atoms with Gasteiger partial charge in [-0.1, -0.05) is 42.5 Å². The number of anilines is 1. The van der Waals surface area contributed by atoms with E-state index in [0.29, 0.717) is 23.5 Å². The van der Waals surface area contributed by atoms with Gasteiger partial charge in [-0.2, -0.15) is 10.4 Å². The van der Waals surface area contributed by atoms with E-state index in [1.54, 1.807) is 54.7 Å². The molecule has 1 aromatic heterocycles. The van der Waals surface area contributed by atoms with Crippen LogP contribution in [0, 0.1) is 11.3 Å². The topological polar surface area (TPSA) is 129 Å². The Labute approximate surface area is 206 Å². The molecule has 0 fully saturated rings. The molecule has 36 heavy (non-hydrogen) atoms. The van der Waals surface area contributed by atoms with Crippen LogP contribution in [0.4, 0.5) is 5.95 Å². The Morgan fingerprint density at radius 3 is 2.47 bits per heavy atom. The summed E-state index contributed by atoms with van der Waals surface area (Å²) in [5, 5.41) is 13.5. The molecule has 0 unspecified atom stereocenters. The molecule has 0 spiro atoms. The third-order valence-corrected chi connectivity index (χ3v) is 5.12. The standard InChI is InChI=1S/C27H21N5O4/c1-35-26(34)21-11-7-19(8-12-21)17-36-22-13-9-18(10-14-22)16-29-32-27-30-24(20-5-3-2-4-6-20)23(15-28)25(33)31-27/h2-14,16H,17H2,1H3,(H2,30,31,32,33). The lowest BCUT2D eigenvalue weighted by Crippen LogP contribution is -2.16. The predicted octanol–water partition coefficient (Wildman–Crippen LogP) is 4.12. The molecule has 0 aliphatic carbocycles. The monoisotopic (exact) mass is 479 g/mol. The summed E-state index contributed by atoms with van der Waals surface area (Å²) < 4.78 is 10.5. The number of hydrogen-bond donors (Lipinski definition) is 2. The molecule has 3 aromatic carbocycles. The Balaban J connectivity index is 1.38. The van der Waals surface area contributed by atoms with Crippen LogP contribution in [0.25, 0.3) is 11.3 Å². The normalized spacial score (nSPS) is 10.6. The zero-order valence-electron chi connectivity index (χ0n) is 19.3. The van der Waals surface area contributed by atoms with Crippen LogP contribution in [0.2, 0.25) is 0 Å². The minimum atomic E-state index is -0.550. The molecule has 178 valence electrons. The maximum Gasteiger partial charge on any atom is 0.337 e. The summed E-state index contributed by atoms with van der Waals surface area (Å²) in [4.78, 5) is 30.7. The molecule has 0 atom stereocenters. The lowest BCUT2D eigenvalue weighted by Gasteiger charge is -2.07. The summed E-state index contributed by atoms with van der Waals surface area (Å²) in [6.07, 6.45) is 1.57. The van der Waals surface area contributed by atoms with E-state index in [2.05, 4.69) is 20.5 Å². The second-order valence-electron chi connectivity index (χ2n) is 7.53. The van der Waals surface area contributed by atoms with E-state index in [-0.39, 0.29) is 23.2 Å². The molecule has 0 bridgehead atoms. The molecule has 4 rings (SSSR count). The van der Waals surface area contributed by atoms with Gasteiger partial charge in [-0.3, -0.25) is 9.78 Å². The van der Waals surface area contributed by atoms with Crippen molar-refractivity contribution in [1.29, 1.82) is 5.26 Å². The largest absolute Gasteiger partial charge is 0.489 e. The number of rotatable bonds is 8. The van der Waals surface area contributed by atoms with Gasteiger partial charge in [0.15, 0.2) is 0 Å². The van der Waals surface area contributed by atoms with Crippen molar-refractivity contribution in [3.8, 4) is 23.1 Å². The fraction of sp³-hybridized carbons (Fsp3) is 0.0741. The molecule has 2 N–H and O–H groups in total. The fourth-order valence-electron chi connectivity index (χ4n) is 3.27. The van der Waals surface area contributed by atoms with E-state index in [9.17, 15) is 14.9 Å². The minimum Gasteiger partial charge on any atom is -0.489 e. The van der Waals surface area contributed by atoms with Crippen LogP contribution in [-0.4, -0.2) is 29.3 Å². The number of methoxy groups -OCH3 is 1. The minimum absolute atomic E-state index is 0.0641. The summed E-state index contributed by atoms with van der Waals surface area (Å²) in [5.74, 6) is 0.405. The van der Waals surface area contributed by atoms with Gasteiger partial charge in [0, 0.05) is 5.56 Å².